The lowest BCUT2D eigenvalue weighted by atomic mass is 9.88. The number of nitrogens with one attached hydrogen (secondary N) is 5. The van der Waals surface area contributed by atoms with Crippen molar-refractivity contribution in [2.75, 3.05) is 46.2 Å². The highest BCUT2D eigenvalue weighted by atomic mass is 16.8. The largest absolute Gasteiger partial charge is 0.477 e. The van der Waals surface area contributed by atoms with Gasteiger partial charge in [0.25, 0.3) is 5.79 Å². The van der Waals surface area contributed by atoms with E-state index in [1.54, 1.807) is 0 Å². The van der Waals surface area contributed by atoms with Crippen LogP contribution in [0.5, 0.6) is 0 Å². The molecule has 9 rings (SSSR count). The molecular formula is C67H111N5O47. The van der Waals surface area contributed by atoms with Gasteiger partial charge in [0.1, 0.15) is 201 Å². The highest BCUT2D eigenvalue weighted by Crippen LogP contribution is 2.42. The Labute approximate surface area is 674 Å². The van der Waals surface area contributed by atoms with Crippen LogP contribution in [0.4, 0.5) is 0 Å². The fourth-order valence-electron chi connectivity index (χ4n) is 15.5. The van der Waals surface area contributed by atoms with Crippen molar-refractivity contribution in [3.63, 3.8) is 0 Å². The van der Waals surface area contributed by atoms with Gasteiger partial charge in [-0.1, -0.05) is 0 Å². The third kappa shape index (κ3) is 21.8. The van der Waals surface area contributed by atoms with Gasteiger partial charge in [-0.15, -0.1) is 0 Å². The predicted molar refractivity (Wildman–Crippen MR) is 369 cm³/mol. The van der Waals surface area contributed by atoms with Crippen LogP contribution < -0.4 is 26.6 Å². The third-order valence-corrected chi connectivity index (χ3v) is 21.7. The number of aliphatic hydroxyl groups excluding tert-OH is 23. The molecule has 0 saturated carbocycles. The van der Waals surface area contributed by atoms with Crippen molar-refractivity contribution in [3.8, 4) is 0 Å². The molecule has 9 fully saturated rings. The summed E-state index contributed by atoms with van der Waals surface area (Å²) in [6.07, 6.45) is -84.9. The highest BCUT2D eigenvalue weighted by Gasteiger charge is 2.63. The summed E-state index contributed by atoms with van der Waals surface area (Å²) in [4.78, 5) is 78.0. The van der Waals surface area contributed by atoms with E-state index >= 15 is 0 Å². The number of hydrogen-bond donors (Lipinski definition) is 29. The first-order valence-corrected chi connectivity index (χ1v) is 38.0. The molecule has 0 aliphatic carbocycles. The van der Waals surface area contributed by atoms with Crippen LogP contribution >= 0.6 is 0 Å². The second-order valence-corrected chi connectivity index (χ2v) is 30.3. The van der Waals surface area contributed by atoms with Crippen LogP contribution in [0.1, 0.15) is 54.9 Å². The molecule has 9 heterocycles. The SMILES string of the molecule is CC(=O)N[C@@H]1[C@@H](O[C@@H]2O[C@H](CO)[C@@H](O[C@@H]3O[C@H](CO)[C@H](O)[C@H](O[C@@H]4O[C@H](CO)[C@@H](O[C@@H]5O[C@@H](C)[C@@H](O)[C@@H](O)[C@@H]5O)[C@H](O[C@@H]5O[C@H](CO)[C@H](O[C@H]6O[C@H](CO)[C@@H](O)[C@H](O)[C@H]6NC(C)=O)[C@H](O)[C@H]5O)[C@H]4NC(C)=O)[C@H]3O)[C@H](O[C@@H]3O[C@@H](C)[C@@H](O)[C@@H](O)[C@@H]3O)[C@H]2NC(C)=O)[C@@H](O)[C@@H](CO[C@]2(C(=O)O)C[C@H](O)[C@@H](NC(C)=O)[C@H]([C@H](O)[C@H](O)CO)O2)O[C@@H]1O. The quantitative estimate of drug-likeness (QED) is 0.0306. The number of hydrogen-bond acceptors (Lipinski definition) is 46. The monoisotopic (exact) mass is 1740 g/mol. The molecule has 29 N–H and O–H groups in total. The van der Waals surface area contributed by atoms with Crippen molar-refractivity contribution < 1.29 is 232 Å². The number of carbonyl (C=O) groups is 6. The molecule has 0 aromatic carbocycles. The zero-order valence-electron chi connectivity index (χ0n) is 64.8. The molecule has 5 amide bonds. The third-order valence-electron chi connectivity index (χ3n) is 21.7. The minimum absolute atomic E-state index is 0.812. The normalized spacial score (nSPS) is 47.2. The first-order valence-electron chi connectivity index (χ1n) is 38.0. The van der Waals surface area contributed by atoms with Crippen molar-refractivity contribution in [1.82, 2.24) is 26.6 Å². The van der Waals surface area contributed by atoms with E-state index in [9.17, 15) is 151 Å². The van der Waals surface area contributed by atoms with E-state index < -0.39 is 370 Å². The highest BCUT2D eigenvalue weighted by molar-refractivity contribution is 5.77. The van der Waals surface area contributed by atoms with Gasteiger partial charge in [-0.3, -0.25) is 24.0 Å². The van der Waals surface area contributed by atoms with Gasteiger partial charge < -0.3 is 230 Å². The van der Waals surface area contributed by atoms with Gasteiger partial charge in [0.2, 0.25) is 29.5 Å². The molecule has 686 valence electrons. The Balaban J connectivity index is 1.06. The van der Waals surface area contributed by atoms with Gasteiger partial charge in [0, 0.05) is 41.0 Å². The number of carboxylic acid groups (broad SMARTS) is 1. The van der Waals surface area contributed by atoms with Gasteiger partial charge in [0.05, 0.1) is 70.6 Å². The average molecular weight is 1740 g/mol. The Bertz CT molecular complexity index is 3300. The van der Waals surface area contributed by atoms with Crippen LogP contribution in [-0.2, 0) is 109 Å². The van der Waals surface area contributed by atoms with Crippen molar-refractivity contribution in [2.24, 2.45) is 0 Å². The molecular weight excluding hydrogens is 1630 g/mol. The fraction of sp³-hybridized carbons (Fsp3) is 0.910. The Hall–Kier alpha value is -4.78. The van der Waals surface area contributed by atoms with E-state index in [4.69, 9.17) is 80.5 Å². The maximum absolute atomic E-state index is 13.7. The van der Waals surface area contributed by atoms with Gasteiger partial charge in [-0.05, 0) is 13.8 Å². The number of carboxylic acids is 1. The zero-order valence-corrected chi connectivity index (χ0v) is 64.8. The van der Waals surface area contributed by atoms with Crippen LogP contribution in [0.2, 0.25) is 0 Å². The molecule has 9 saturated heterocycles. The van der Waals surface area contributed by atoms with E-state index in [-0.39, 0.29) is 0 Å². The Kier molecular flexibility index (Phi) is 34.6. The second kappa shape index (κ2) is 42.0. The zero-order chi connectivity index (χ0) is 88.2. The molecule has 0 unspecified atom stereocenters. The van der Waals surface area contributed by atoms with Crippen molar-refractivity contribution in [2.45, 2.75) is 337 Å². The number of ether oxygens (including phenoxy) is 17. The Morgan fingerprint density at radius 2 is 0.706 bits per heavy atom. The smallest absolute Gasteiger partial charge is 0.364 e. The van der Waals surface area contributed by atoms with Crippen LogP contribution in [-0.4, -0.2) is 486 Å². The van der Waals surface area contributed by atoms with Gasteiger partial charge in [0.15, 0.2) is 50.3 Å². The molecule has 0 aromatic heterocycles. The maximum atomic E-state index is 13.7. The number of carbonyl (C=O) groups excluding carboxylic acids is 5. The van der Waals surface area contributed by atoms with Crippen molar-refractivity contribution >= 4 is 35.5 Å². The van der Waals surface area contributed by atoms with E-state index in [0.29, 0.717) is 0 Å². The Morgan fingerprint density at radius 1 is 0.353 bits per heavy atom. The van der Waals surface area contributed by atoms with Crippen LogP contribution in [0.3, 0.4) is 0 Å². The predicted octanol–water partition coefficient (Wildman–Crippen LogP) is -18.6. The van der Waals surface area contributed by atoms with Crippen LogP contribution in [0.25, 0.3) is 0 Å². The summed E-state index contributed by atoms with van der Waals surface area (Å²) in [5.74, 6) is -9.89. The molecule has 52 heteroatoms. The van der Waals surface area contributed by atoms with E-state index in [0.717, 1.165) is 34.6 Å². The summed E-state index contributed by atoms with van der Waals surface area (Å²) in [6.45, 7) is -1.17. The minimum Gasteiger partial charge on any atom is -0.477 e. The summed E-state index contributed by atoms with van der Waals surface area (Å²) in [6, 6.07) is -9.53. The Morgan fingerprint density at radius 3 is 1.17 bits per heavy atom. The van der Waals surface area contributed by atoms with Gasteiger partial charge in [-0.25, -0.2) is 4.79 Å². The molecule has 46 atom stereocenters. The van der Waals surface area contributed by atoms with Crippen molar-refractivity contribution in [3.05, 3.63) is 0 Å². The topological polar surface area (TPSA) is 805 Å². The average Bonchev–Trinajstić information content (AvgIpc) is 0.762. The number of aliphatic carboxylic acids is 1. The standard InChI is InChI=1S/C67H111N5O47/c1-16-36(86)43(93)46(96)62(104-16)113-51-28(13-77)110-61(35(72-22(7)83)56(51)117-64-48(98)45(95)50(27(12-76)111-64)112-59-32(69-19(4)80)42(92)39(89)25(10-74)107-59)118-57-40(90)26(11-75)108-65(49(57)99)114-52-29(14-78)109-60(34(71-21(6)82)55(52)116-63-47(97)44(94)37(87)17(2)105-63)115-53-33(70-20(5)81)58(100)106-30(41(53)91)15-103-67(66(101)102)8-23(84)31(68-18(3)79)54(119-67)38(88)24(85)9-73/h16-17,23-65,73-78,84-100H,8-15H2,1-7H3,(H,68,79)(H,69,80)(H,70,81)(H,71,82)(H,72,83)(H,101,102)/t16-,17-,23-,24+,25+,26+,27+,28+,29+,30+,31+,32+,33+,34+,35+,36+,37+,38+,39+,40-,41-,42+,43+,44+,45+,46-,47-,48+,49+,50-,51+,52+,53+,54+,55+,56+,57-,58-,59+,60-,61-,62-,63-,64-,65-,67+/m0/s1. The van der Waals surface area contributed by atoms with Crippen LogP contribution in [0, 0.1) is 0 Å². The lowest BCUT2D eigenvalue weighted by molar-refractivity contribution is -0.398. The molecule has 9 aliphatic rings. The fourth-order valence-corrected chi connectivity index (χ4v) is 15.5. The summed E-state index contributed by atoms with van der Waals surface area (Å²) in [5, 5.41) is 280. The van der Waals surface area contributed by atoms with E-state index in [1.165, 1.54) is 13.8 Å². The molecule has 0 radical (unpaired) electrons. The first-order chi connectivity index (χ1) is 56.0. The second-order valence-electron chi connectivity index (χ2n) is 30.3. The van der Waals surface area contributed by atoms with Crippen molar-refractivity contribution in [1.29, 1.82) is 0 Å². The molecule has 0 bridgehead atoms. The van der Waals surface area contributed by atoms with E-state index in [2.05, 4.69) is 26.6 Å². The molecule has 0 spiro atoms. The number of rotatable bonds is 31. The number of aliphatic hydroxyl groups is 23. The first kappa shape index (κ1) is 98.0. The summed E-state index contributed by atoms with van der Waals surface area (Å²) < 4.78 is 103. The minimum atomic E-state index is -3.12. The molecule has 0 aromatic rings. The summed E-state index contributed by atoms with van der Waals surface area (Å²) in [5.41, 5.74) is 0. The molecule has 9 aliphatic heterocycles. The number of amides is 5. The summed E-state index contributed by atoms with van der Waals surface area (Å²) >= 11 is 0. The lowest BCUT2D eigenvalue weighted by Crippen LogP contribution is -2.72. The molecule has 119 heavy (non-hydrogen) atoms. The summed E-state index contributed by atoms with van der Waals surface area (Å²) in [7, 11) is 0. The molecule has 52 nitrogen and oxygen atoms in total. The van der Waals surface area contributed by atoms with Gasteiger partial charge in [-0.2, -0.15) is 0 Å². The van der Waals surface area contributed by atoms with Gasteiger partial charge >= 0.3 is 5.97 Å². The van der Waals surface area contributed by atoms with Crippen LogP contribution in [0.15, 0.2) is 0 Å². The van der Waals surface area contributed by atoms with E-state index in [1.807, 2.05) is 0 Å². The maximum Gasteiger partial charge on any atom is 0.364 e. The lowest BCUT2D eigenvalue weighted by Gasteiger charge is -2.53.